The Morgan fingerprint density at radius 1 is 1.20 bits per heavy atom. The lowest BCUT2D eigenvalue weighted by Gasteiger charge is -2.17. The van der Waals surface area contributed by atoms with Crippen molar-refractivity contribution in [1.82, 2.24) is 10.6 Å². The summed E-state index contributed by atoms with van der Waals surface area (Å²) in [7, 11) is 1.49. The summed E-state index contributed by atoms with van der Waals surface area (Å²) in [5.41, 5.74) is 0. The van der Waals surface area contributed by atoms with Crippen LogP contribution in [0.3, 0.4) is 0 Å². The highest BCUT2D eigenvalue weighted by Crippen LogP contribution is 2.04. The molecule has 20 heavy (non-hydrogen) atoms. The lowest BCUT2D eigenvalue weighted by Crippen LogP contribution is -2.46. The molecule has 0 heterocycles. The van der Waals surface area contributed by atoms with Crippen LogP contribution in [0.15, 0.2) is 0 Å². The normalized spacial score (nSPS) is 13.7. The summed E-state index contributed by atoms with van der Waals surface area (Å²) in [6.45, 7) is 5.44. The molecule has 0 aromatic heterocycles. The van der Waals surface area contributed by atoms with E-state index in [4.69, 9.17) is 9.84 Å². The van der Waals surface area contributed by atoms with Crippen molar-refractivity contribution in [3.05, 3.63) is 0 Å². The van der Waals surface area contributed by atoms with E-state index in [2.05, 4.69) is 10.6 Å². The Hall–Kier alpha value is -1.63. The van der Waals surface area contributed by atoms with Crippen LogP contribution >= 0.6 is 0 Å². The Balaban J connectivity index is 4.20. The molecule has 7 nitrogen and oxygen atoms in total. The number of carbonyl (C=O) groups is 3. The van der Waals surface area contributed by atoms with Crippen molar-refractivity contribution in [3.63, 3.8) is 0 Å². The maximum Gasteiger partial charge on any atom is 0.326 e. The molecule has 0 saturated carbocycles. The summed E-state index contributed by atoms with van der Waals surface area (Å²) in [5.74, 6) is -2.12. The van der Waals surface area contributed by atoms with E-state index >= 15 is 0 Å². The van der Waals surface area contributed by atoms with E-state index in [-0.39, 0.29) is 30.9 Å². The van der Waals surface area contributed by atoms with Crippen molar-refractivity contribution in [1.29, 1.82) is 0 Å². The third kappa shape index (κ3) is 7.73. The summed E-state index contributed by atoms with van der Waals surface area (Å²) in [5, 5.41) is 13.8. The third-order valence-electron chi connectivity index (χ3n) is 2.63. The van der Waals surface area contributed by atoms with E-state index in [1.54, 1.807) is 6.92 Å². The van der Waals surface area contributed by atoms with Crippen LogP contribution < -0.4 is 10.6 Å². The molecule has 3 N–H and O–H groups in total. The van der Waals surface area contributed by atoms with Gasteiger partial charge in [-0.1, -0.05) is 20.8 Å². The van der Waals surface area contributed by atoms with Crippen molar-refractivity contribution in [3.8, 4) is 0 Å². The van der Waals surface area contributed by atoms with Gasteiger partial charge in [0.05, 0.1) is 19.1 Å². The third-order valence-corrected chi connectivity index (χ3v) is 2.63. The summed E-state index contributed by atoms with van der Waals surface area (Å²) in [6.07, 6.45) is 0.342. The van der Waals surface area contributed by atoms with Crippen LogP contribution in [0.5, 0.6) is 0 Å². The van der Waals surface area contributed by atoms with Crippen molar-refractivity contribution in [2.24, 2.45) is 11.8 Å². The number of rotatable bonds is 9. The molecular formula is C13H24N2O5. The molecule has 0 saturated heterocycles. The minimum absolute atomic E-state index is 0.146. The molecule has 2 atom stereocenters. The average Bonchev–Trinajstić information content (AvgIpc) is 2.34. The summed E-state index contributed by atoms with van der Waals surface area (Å²) in [6, 6.07) is -0.934. The van der Waals surface area contributed by atoms with E-state index in [0.717, 1.165) is 0 Å². The fourth-order valence-electron chi connectivity index (χ4n) is 1.61. The number of nitrogens with one attached hydrogen (secondary N) is 2. The topological polar surface area (TPSA) is 105 Å². The van der Waals surface area contributed by atoms with Crippen molar-refractivity contribution < 1.29 is 24.2 Å². The summed E-state index contributed by atoms with van der Waals surface area (Å²) >= 11 is 0. The lowest BCUT2D eigenvalue weighted by molar-refractivity contribution is -0.142. The maximum atomic E-state index is 11.6. The highest BCUT2D eigenvalue weighted by Gasteiger charge is 2.21. The molecule has 1 unspecified atom stereocenters. The first-order valence-electron chi connectivity index (χ1n) is 6.56. The smallest absolute Gasteiger partial charge is 0.326 e. The van der Waals surface area contributed by atoms with Crippen molar-refractivity contribution >= 4 is 17.8 Å². The molecule has 0 aliphatic heterocycles. The minimum Gasteiger partial charge on any atom is -0.480 e. The Morgan fingerprint density at radius 3 is 2.25 bits per heavy atom. The summed E-state index contributed by atoms with van der Waals surface area (Å²) < 4.78 is 4.83. The number of carboxylic acid groups (broad SMARTS) is 1. The Kier molecular flexibility index (Phi) is 8.54. The fourth-order valence-corrected chi connectivity index (χ4v) is 1.61. The standard InChI is InChI=1S/C13H24N2O5/c1-8(2)5-10(13(18)19)15-11(16)6-14-12(17)9(3)7-20-4/h8-10H,5-7H2,1-4H3,(H,14,17)(H,15,16)(H,18,19)/t9?,10-/m0/s1. The summed E-state index contributed by atoms with van der Waals surface area (Å²) in [4.78, 5) is 34.1. The SMILES string of the molecule is COCC(C)C(=O)NCC(=O)N[C@@H](CC(C)C)C(=O)O. The largest absolute Gasteiger partial charge is 0.480 e. The van der Waals surface area contributed by atoms with E-state index in [1.807, 2.05) is 13.8 Å². The Morgan fingerprint density at radius 2 is 1.80 bits per heavy atom. The van der Waals surface area contributed by atoms with Gasteiger partial charge in [0.1, 0.15) is 6.04 Å². The molecule has 116 valence electrons. The molecule has 0 rings (SSSR count). The van der Waals surface area contributed by atoms with Gasteiger partial charge in [0, 0.05) is 7.11 Å². The van der Waals surface area contributed by atoms with Crippen LogP contribution in [0.4, 0.5) is 0 Å². The Bertz CT molecular complexity index is 344. The highest BCUT2D eigenvalue weighted by molar-refractivity contribution is 5.88. The molecular weight excluding hydrogens is 264 g/mol. The number of carbonyl (C=O) groups excluding carboxylic acids is 2. The second-order valence-electron chi connectivity index (χ2n) is 5.16. The van der Waals surface area contributed by atoms with Gasteiger partial charge in [-0.05, 0) is 12.3 Å². The van der Waals surface area contributed by atoms with Crippen LogP contribution in [0.2, 0.25) is 0 Å². The van der Waals surface area contributed by atoms with Crippen molar-refractivity contribution in [2.45, 2.75) is 33.2 Å². The number of hydrogen-bond acceptors (Lipinski definition) is 4. The zero-order chi connectivity index (χ0) is 15.7. The molecule has 0 aromatic rings. The van der Waals surface area contributed by atoms with Gasteiger partial charge >= 0.3 is 5.97 Å². The lowest BCUT2D eigenvalue weighted by atomic mass is 10.0. The Labute approximate surface area is 119 Å². The first kappa shape index (κ1) is 18.4. The number of ether oxygens (including phenoxy) is 1. The van der Waals surface area contributed by atoms with E-state index in [9.17, 15) is 14.4 Å². The second kappa shape index (κ2) is 9.30. The molecule has 0 radical (unpaired) electrons. The van der Waals surface area contributed by atoms with Crippen LogP contribution in [-0.4, -0.2) is 49.2 Å². The zero-order valence-electron chi connectivity index (χ0n) is 12.4. The van der Waals surface area contributed by atoms with Crippen molar-refractivity contribution in [2.75, 3.05) is 20.3 Å². The molecule has 2 amide bonds. The maximum absolute atomic E-state index is 11.6. The molecule has 0 aliphatic carbocycles. The van der Waals surface area contributed by atoms with Gasteiger partial charge in [-0.2, -0.15) is 0 Å². The number of amides is 2. The molecule has 0 bridgehead atoms. The number of hydrogen-bond donors (Lipinski definition) is 3. The molecule has 0 fully saturated rings. The average molecular weight is 288 g/mol. The molecule has 7 heteroatoms. The van der Waals surface area contributed by atoms with Crippen LogP contribution in [-0.2, 0) is 19.1 Å². The molecule has 0 aliphatic rings. The predicted molar refractivity (Wildman–Crippen MR) is 73.1 cm³/mol. The van der Waals surface area contributed by atoms with Crippen LogP contribution in [0.25, 0.3) is 0 Å². The molecule has 0 spiro atoms. The van der Waals surface area contributed by atoms with Gasteiger partial charge in [0.15, 0.2) is 0 Å². The van der Waals surface area contributed by atoms with Gasteiger partial charge in [-0.3, -0.25) is 9.59 Å². The number of aliphatic carboxylic acids is 1. The predicted octanol–water partition coefficient (Wildman–Crippen LogP) is 0.000600. The van der Waals surface area contributed by atoms with E-state index in [1.165, 1.54) is 7.11 Å². The van der Waals surface area contributed by atoms with Gasteiger partial charge in [0.2, 0.25) is 11.8 Å². The van der Waals surface area contributed by atoms with E-state index < -0.39 is 17.9 Å². The van der Waals surface area contributed by atoms with Crippen LogP contribution in [0, 0.1) is 11.8 Å². The first-order valence-corrected chi connectivity index (χ1v) is 6.56. The zero-order valence-corrected chi connectivity index (χ0v) is 12.4. The van der Waals surface area contributed by atoms with E-state index in [0.29, 0.717) is 6.42 Å². The monoisotopic (exact) mass is 288 g/mol. The number of methoxy groups -OCH3 is 1. The van der Waals surface area contributed by atoms with Gasteiger partial charge in [-0.25, -0.2) is 4.79 Å². The van der Waals surface area contributed by atoms with Gasteiger partial charge in [0.25, 0.3) is 0 Å². The van der Waals surface area contributed by atoms with Gasteiger partial charge in [-0.15, -0.1) is 0 Å². The quantitative estimate of drug-likeness (QED) is 0.554. The minimum atomic E-state index is -1.08. The molecule has 0 aromatic carbocycles. The fraction of sp³-hybridized carbons (Fsp3) is 0.769. The second-order valence-corrected chi connectivity index (χ2v) is 5.16. The highest BCUT2D eigenvalue weighted by atomic mass is 16.5. The van der Waals surface area contributed by atoms with Gasteiger partial charge < -0.3 is 20.5 Å². The van der Waals surface area contributed by atoms with Crippen LogP contribution in [0.1, 0.15) is 27.2 Å². The first-order chi connectivity index (χ1) is 9.27. The number of carboxylic acids is 1.